The Morgan fingerprint density at radius 3 is 3.26 bits per heavy atom. The number of fused-ring (bicyclic) bond motifs is 7. The summed E-state index contributed by atoms with van der Waals surface area (Å²) in [7, 11) is 0. The molecule has 0 atom stereocenters. The SMILES string of the molecule is c1cnc2c(c1)oc1c2sc2[n+]1Cc1ccncc1-2. The summed E-state index contributed by atoms with van der Waals surface area (Å²) in [6.07, 6.45) is 5.58. The Morgan fingerprint density at radius 2 is 2.26 bits per heavy atom. The molecule has 1 aliphatic rings. The highest BCUT2D eigenvalue weighted by atomic mass is 32.1. The van der Waals surface area contributed by atoms with E-state index in [0.717, 1.165) is 28.1 Å². The Bertz CT molecular complexity index is 954. The van der Waals surface area contributed by atoms with Gasteiger partial charge in [-0.05, 0) is 18.2 Å². The lowest BCUT2D eigenvalue weighted by Crippen LogP contribution is -2.29. The lowest BCUT2D eigenvalue weighted by atomic mass is 10.2. The molecule has 0 spiro atoms. The predicted octanol–water partition coefficient (Wildman–Crippen LogP) is 2.75. The van der Waals surface area contributed by atoms with Gasteiger partial charge in [0.1, 0.15) is 5.52 Å². The summed E-state index contributed by atoms with van der Waals surface area (Å²) >= 11 is 1.73. The number of nitrogens with zero attached hydrogens (tertiary/aromatic N) is 3. The Kier molecular flexibility index (Phi) is 1.62. The van der Waals surface area contributed by atoms with Crippen molar-refractivity contribution >= 4 is 32.8 Å². The number of pyridine rings is 2. The average molecular weight is 266 g/mol. The largest absolute Gasteiger partial charge is 0.402 e. The summed E-state index contributed by atoms with van der Waals surface area (Å²) in [4.78, 5) is 8.65. The lowest BCUT2D eigenvalue weighted by Gasteiger charge is -1.88. The number of thiazole rings is 1. The fourth-order valence-corrected chi connectivity index (χ4v) is 3.91. The van der Waals surface area contributed by atoms with Crippen molar-refractivity contribution in [2.45, 2.75) is 6.54 Å². The molecule has 1 aliphatic heterocycles. The maximum Gasteiger partial charge on any atom is 0.395 e. The van der Waals surface area contributed by atoms with Crippen LogP contribution >= 0.6 is 11.3 Å². The van der Waals surface area contributed by atoms with Gasteiger partial charge in [-0.3, -0.25) is 9.97 Å². The van der Waals surface area contributed by atoms with E-state index in [1.54, 1.807) is 11.3 Å². The molecule has 0 radical (unpaired) electrons. The molecule has 4 aromatic rings. The first kappa shape index (κ1) is 9.63. The van der Waals surface area contributed by atoms with Gasteiger partial charge in [0.15, 0.2) is 16.8 Å². The first-order valence-electron chi connectivity index (χ1n) is 6.05. The van der Waals surface area contributed by atoms with Crippen LogP contribution in [0.4, 0.5) is 0 Å². The minimum atomic E-state index is 0.854. The minimum absolute atomic E-state index is 0.854. The van der Waals surface area contributed by atoms with Crippen LogP contribution in [0, 0.1) is 0 Å². The van der Waals surface area contributed by atoms with Crippen LogP contribution in [0.25, 0.3) is 32.1 Å². The zero-order valence-electron chi connectivity index (χ0n) is 9.83. The first-order valence-corrected chi connectivity index (χ1v) is 6.86. The maximum absolute atomic E-state index is 5.96. The van der Waals surface area contributed by atoms with E-state index in [9.17, 15) is 0 Å². The van der Waals surface area contributed by atoms with E-state index in [0.29, 0.717) is 0 Å². The van der Waals surface area contributed by atoms with Gasteiger partial charge in [-0.15, -0.1) is 4.57 Å². The van der Waals surface area contributed by atoms with Gasteiger partial charge >= 0.3 is 5.71 Å². The van der Waals surface area contributed by atoms with Gasteiger partial charge in [-0.1, -0.05) is 11.3 Å². The summed E-state index contributed by atoms with van der Waals surface area (Å²) in [5.74, 6) is 0. The van der Waals surface area contributed by atoms with Crippen molar-refractivity contribution in [1.82, 2.24) is 9.97 Å². The van der Waals surface area contributed by atoms with Gasteiger partial charge < -0.3 is 4.42 Å². The number of hydrogen-bond donors (Lipinski definition) is 0. The van der Waals surface area contributed by atoms with Gasteiger partial charge in [-0.25, -0.2) is 0 Å². The van der Waals surface area contributed by atoms with E-state index in [-0.39, 0.29) is 0 Å². The van der Waals surface area contributed by atoms with E-state index in [2.05, 4.69) is 20.6 Å². The van der Waals surface area contributed by atoms with Crippen LogP contribution in [0.15, 0.2) is 41.2 Å². The third kappa shape index (κ3) is 1.11. The molecule has 90 valence electrons. The van der Waals surface area contributed by atoms with Crippen molar-refractivity contribution in [3.05, 3.63) is 42.4 Å². The monoisotopic (exact) mass is 266 g/mol. The first-order chi connectivity index (χ1) is 9.42. The number of rotatable bonds is 0. The van der Waals surface area contributed by atoms with Crippen molar-refractivity contribution < 1.29 is 8.98 Å². The molecular formula is C14H8N3OS+. The molecule has 19 heavy (non-hydrogen) atoms. The molecule has 0 unspecified atom stereocenters. The Labute approximate surface area is 112 Å². The second-order valence-electron chi connectivity index (χ2n) is 4.61. The van der Waals surface area contributed by atoms with E-state index in [1.165, 1.54) is 16.1 Å². The van der Waals surface area contributed by atoms with E-state index in [4.69, 9.17) is 4.42 Å². The fraction of sp³-hybridized carbons (Fsp3) is 0.0714. The third-order valence-corrected chi connectivity index (χ3v) is 4.75. The van der Waals surface area contributed by atoms with Crippen molar-refractivity contribution in [3.8, 4) is 10.6 Å². The van der Waals surface area contributed by atoms with Gasteiger partial charge in [0.2, 0.25) is 0 Å². The summed E-state index contributed by atoms with van der Waals surface area (Å²) in [6.45, 7) is 0.854. The van der Waals surface area contributed by atoms with Gasteiger partial charge in [0, 0.05) is 24.2 Å². The molecule has 5 heteroatoms. The zero-order chi connectivity index (χ0) is 12.4. The second-order valence-corrected chi connectivity index (χ2v) is 5.61. The second kappa shape index (κ2) is 3.19. The van der Waals surface area contributed by atoms with Crippen LogP contribution in [0.5, 0.6) is 0 Å². The Hall–Kier alpha value is -2.27. The highest BCUT2D eigenvalue weighted by molar-refractivity contribution is 7.22. The molecule has 4 aromatic heterocycles. The molecule has 0 amide bonds. The highest BCUT2D eigenvalue weighted by Gasteiger charge is 2.35. The standard InChI is InChI=1S/C14H8N3OS/c1-2-10-11(16-4-1)12-13(18-10)17-7-8-3-5-15-6-9(8)14(17)19-12/h1-6H,7H2/q+1. The molecule has 5 rings (SSSR count). The van der Waals surface area contributed by atoms with Crippen LogP contribution < -0.4 is 4.57 Å². The van der Waals surface area contributed by atoms with Crippen LogP contribution in [0.3, 0.4) is 0 Å². The van der Waals surface area contributed by atoms with E-state index >= 15 is 0 Å². The topological polar surface area (TPSA) is 42.8 Å². The molecule has 0 N–H and O–H groups in total. The Balaban J connectivity index is 1.93. The molecule has 0 fully saturated rings. The molecular weight excluding hydrogens is 258 g/mol. The fourth-order valence-electron chi connectivity index (χ4n) is 2.68. The van der Waals surface area contributed by atoms with Gasteiger partial charge in [0.25, 0.3) is 5.01 Å². The predicted molar refractivity (Wildman–Crippen MR) is 71.9 cm³/mol. The lowest BCUT2D eigenvalue weighted by molar-refractivity contribution is -0.648. The van der Waals surface area contributed by atoms with Gasteiger partial charge in [-0.2, -0.15) is 0 Å². The Morgan fingerprint density at radius 1 is 1.26 bits per heavy atom. The molecule has 0 aromatic carbocycles. The quantitative estimate of drug-likeness (QED) is 0.405. The molecule has 0 saturated heterocycles. The van der Waals surface area contributed by atoms with Crippen molar-refractivity contribution in [3.63, 3.8) is 0 Å². The van der Waals surface area contributed by atoms with Crippen LogP contribution in [-0.2, 0) is 6.54 Å². The van der Waals surface area contributed by atoms with Crippen LogP contribution in [-0.4, -0.2) is 9.97 Å². The molecule has 0 saturated carbocycles. The third-order valence-electron chi connectivity index (χ3n) is 3.55. The summed E-state index contributed by atoms with van der Waals surface area (Å²) in [5, 5.41) is 1.21. The molecule has 0 aliphatic carbocycles. The van der Waals surface area contributed by atoms with Crippen molar-refractivity contribution in [2.24, 2.45) is 0 Å². The minimum Gasteiger partial charge on any atom is -0.402 e. The maximum atomic E-state index is 5.96. The number of hydrogen-bond acceptors (Lipinski definition) is 4. The van der Waals surface area contributed by atoms with Crippen molar-refractivity contribution in [2.75, 3.05) is 0 Å². The van der Waals surface area contributed by atoms with Crippen molar-refractivity contribution in [1.29, 1.82) is 0 Å². The van der Waals surface area contributed by atoms with Crippen LogP contribution in [0.1, 0.15) is 5.56 Å². The van der Waals surface area contributed by atoms with Crippen LogP contribution in [0.2, 0.25) is 0 Å². The van der Waals surface area contributed by atoms with E-state index < -0.39 is 0 Å². The van der Waals surface area contributed by atoms with E-state index in [1.807, 2.05) is 30.7 Å². The summed E-state index contributed by atoms with van der Waals surface area (Å²) in [5.41, 5.74) is 5.24. The molecule has 4 nitrogen and oxygen atoms in total. The molecule has 5 heterocycles. The number of aromatic nitrogens is 3. The zero-order valence-corrected chi connectivity index (χ0v) is 10.6. The molecule has 0 bridgehead atoms. The van der Waals surface area contributed by atoms with Gasteiger partial charge in [0.05, 0.1) is 5.56 Å². The average Bonchev–Trinajstić information content (AvgIpc) is 3.07. The summed E-state index contributed by atoms with van der Waals surface area (Å²) < 4.78 is 9.30. The highest BCUT2D eigenvalue weighted by Crippen LogP contribution is 2.38. The normalized spacial score (nSPS) is 13.1. The number of furan rings is 1. The summed E-state index contributed by atoms with van der Waals surface area (Å²) in [6, 6.07) is 5.94. The smallest absolute Gasteiger partial charge is 0.395 e.